The van der Waals surface area contributed by atoms with Crippen molar-refractivity contribution < 1.29 is 9.47 Å². The lowest BCUT2D eigenvalue weighted by molar-refractivity contribution is 0.0589. The summed E-state index contributed by atoms with van der Waals surface area (Å²) in [6.07, 6.45) is 0. The molecule has 4 heteroatoms. The quantitative estimate of drug-likeness (QED) is 0.570. The molecular weight excluding hydrogens is 204 g/mol. The minimum atomic E-state index is 0.380. The summed E-state index contributed by atoms with van der Waals surface area (Å²) < 4.78 is 10.6. The van der Waals surface area contributed by atoms with Crippen LogP contribution < -0.4 is 5.73 Å². The normalized spacial score (nSPS) is 15.4. The molecule has 0 aromatic rings. The van der Waals surface area contributed by atoms with Gasteiger partial charge in [0.15, 0.2) is 0 Å². The van der Waals surface area contributed by atoms with Crippen molar-refractivity contribution >= 4 is 0 Å². The lowest BCUT2D eigenvalue weighted by atomic mass is 10.0. The highest BCUT2D eigenvalue weighted by atomic mass is 16.5. The highest BCUT2D eigenvalue weighted by Crippen LogP contribution is 2.10. The summed E-state index contributed by atoms with van der Waals surface area (Å²) >= 11 is 0. The molecule has 0 heterocycles. The van der Waals surface area contributed by atoms with Crippen molar-refractivity contribution in [2.45, 2.75) is 26.8 Å². The Morgan fingerprint density at radius 2 is 2.00 bits per heavy atom. The van der Waals surface area contributed by atoms with Gasteiger partial charge in [0, 0.05) is 32.8 Å². The summed E-state index contributed by atoms with van der Waals surface area (Å²) in [6.45, 7) is 11.3. The van der Waals surface area contributed by atoms with Gasteiger partial charge in [-0.1, -0.05) is 13.8 Å². The van der Waals surface area contributed by atoms with E-state index in [1.165, 1.54) is 0 Å². The molecule has 2 unspecified atom stereocenters. The van der Waals surface area contributed by atoms with E-state index in [-0.39, 0.29) is 0 Å². The number of rotatable bonds is 10. The topological polar surface area (TPSA) is 47.7 Å². The Kier molecular flexibility index (Phi) is 9.92. The van der Waals surface area contributed by atoms with Crippen LogP contribution in [0.4, 0.5) is 0 Å². The van der Waals surface area contributed by atoms with Gasteiger partial charge in [-0.3, -0.25) is 4.90 Å². The van der Waals surface area contributed by atoms with Crippen LogP contribution >= 0.6 is 0 Å². The Hall–Kier alpha value is -0.160. The van der Waals surface area contributed by atoms with Gasteiger partial charge in [0.25, 0.3) is 0 Å². The molecule has 0 fully saturated rings. The molecule has 0 bridgehead atoms. The zero-order valence-electron chi connectivity index (χ0n) is 11.2. The Balaban J connectivity index is 4.14. The predicted molar refractivity (Wildman–Crippen MR) is 67.6 cm³/mol. The van der Waals surface area contributed by atoms with Crippen LogP contribution in [0.15, 0.2) is 0 Å². The molecule has 0 saturated carbocycles. The molecule has 0 aliphatic carbocycles. The van der Waals surface area contributed by atoms with Crippen LogP contribution in [0, 0.1) is 5.92 Å². The fraction of sp³-hybridized carbons (Fsp3) is 1.00. The Labute approximate surface area is 100 Å². The molecule has 0 saturated heterocycles. The molecule has 0 radical (unpaired) electrons. The second-order valence-corrected chi connectivity index (χ2v) is 4.06. The minimum absolute atomic E-state index is 0.380. The zero-order chi connectivity index (χ0) is 12.4. The maximum Gasteiger partial charge on any atom is 0.0593 e. The van der Waals surface area contributed by atoms with Gasteiger partial charge in [-0.05, 0) is 19.4 Å². The van der Waals surface area contributed by atoms with E-state index in [1.54, 1.807) is 7.11 Å². The molecule has 2 atom stereocenters. The summed E-state index contributed by atoms with van der Waals surface area (Å²) in [5.74, 6) is 0.455. The monoisotopic (exact) mass is 232 g/mol. The second-order valence-electron chi connectivity index (χ2n) is 4.06. The number of likely N-dealkylation sites (N-methyl/N-ethyl adjacent to an activating group) is 1. The van der Waals surface area contributed by atoms with Gasteiger partial charge in [-0.2, -0.15) is 0 Å². The van der Waals surface area contributed by atoms with Gasteiger partial charge in [0.1, 0.15) is 0 Å². The van der Waals surface area contributed by atoms with Gasteiger partial charge in [-0.15, -0.1) is 0 Å². The molecule has 0 aliphatic heterocycles. The highest BCUT2D eigenvalue weighted by molar-refractivity contribution is 4.77. The van der Waals surface area contributed by atoms with Crippen LogP contribution in [0.5, 0.6) is 0 Å². The SMILES string of the molecule is CCOCCN(CC)C(CN)C(C)COC. The number of hydrogen-bond donors (Lipinski definition) is 1. The van der Waals surface area contributed by atoms with Crippen LogP contribution in [-0.4, -0.2) is 57.5 Å². The third-order valence-corrected chi connectivity index (χ3v) is 2.93. The first-order valence-corrected chi connectivity index (χ1v) is 6.21. The predicted octanol–water partition coefficient (Wildman–Crippen LogP) is 0.955. The minimum Gasteiger partial charge on any atom is -0.384 e. The molecule has 98 valence electrons. The first-order chi connectivity index (χ1) is 7.71. The summed E-state index contributed by atoms with van der Waals surface area (Å²) in [4.78, 5) is 2.37. The number of nitrogens with zero attached hydrogens (tertiary/aromatic N) is 1. The van der Waals surface area contributed by atoms with Crippen molar-refractivity contribution in [2.24, 2.45) is 11.7 Å². The number of nitrogens with two attached hydrogens (primary N) is 1. The highest BCUT2D eigenvalue weighted by Gasteiger charge is 2.21. The van der Waals surface area contributed by atoms with Gasteiger partial charge < -0.3 is 15.2 Å². The Morgan fingerprint density at radius 3 is 2.44 bits per heavy atom. The Bertz CT molecular complexity index is 156. The van der Waals surface area contributed by atoms with Crippen molar-refractivity contribution in [3.05, 3.63) is 0 Å². The van der Waals surface area contributed by atoms with Crippen LogP contribution in [-0.2, 0) is 9.47 Å². The van der Waals surface area contributed by atoms with Gasteiger partial charge in [0.2, 0.25) is 0 Å². The molecular formula is C12H28N2O2. The lowest BCUT2D eigenvalue weighted by Gasteiger charge is -2.33. The van der Waals surface area contributed by atoms with Gasteiger partial charge in [0.05, 0.1) is 13.2 Å². The molecule has 0 amide bonds. The molecule has 4 nitrogen and oxygen atoms in total. The van der Waals surface area contributed by atoms with E-state index >= 15 is 0 Å². The third kappa shape index (κ3) is 5.80. The van der Waals surface area contributed by atoms with E-state index in [4.69, 9.17) is 15.2 Å². The van der Waals surface area contributed by atoms with Gasteiger partial charge in [-0.25, -0.2) is 0 Å². The first-order valence-electron chi connectivity index (χ1n) is 6.21. The van der Waals surface area contributed by atoms with Crippen molar-refractivity contribution in [2.75, 3.05) is 46.6 Å². The molecule has 0 spiro atoms. The van der Waals surface area contributed by atoms with Crippen molar-refractivity contribution in [3.8, 4) is 0 Å². The third-order valence-electron chi connectivity index (χ3n) is 2.93. The second kappa shape index (κ2) is 10.0. The molecule has 0 aromatic carbocycles. The smallest absolute Gasteiger partial charge is 0.0593 e. The fourth-order valence-corrected chi connectivity index (χ4v) is 2.00. The summed E-state index contributed by atoms with van der Waals surface area (Å²) in [5.41, 5.74) is 5.85. The maximum atomic E-state index is 5.85. The summed E-state index contributed by atoms with van der Waals surface area (Å²) in [5, 5.41) is 0. The van der Waals surface area contributed by atoms with Crippen molar-refractivity contribution in [1.82, 2.24) is 4.90 Å². The average molecular weight is 232 g/mol. The number of methoxy groups -OCH3 is 1. The molecule has 2 N–H and O–H groups in total. The van der Waals surface area contributed by atoms with E-state index in [1.807, 2.05) is 6.92 Å². The first kappa shape index (κ1) is 15.8. The number of ether oxygens (including phenoxy) is 2. The summed E-state index contributed by atoms with van der Waals surface area (Å²) in [6, 6.07) is 0.380. The van der Waals surface area contributed by atoms with E-state index in [0.29, 0.717) is 18.5 Å². The maximum absolute atomic E-state index is 5.85. The van der Waals surface area contributed by atoms with Gasteiger partial charge >= 0.3 is 0 Å². The van der Waals surface area contributed by atoms with Crippen molar-refractivity contribution in [1.29, 1.82) is 0 Å². The van der Waals surface area contributed by atoms with Crippen LogP contribution in [0.3, 0.4) is 0 Å². The van der Waals surface area contributed by atoms with Crippen LogP contribution in [0.1, 0.15) is 20.8 Å². The zero-order valence-corrected chi connectivity index (χ0v) is 11.2. The van der Waals surface area contributed by atoms with E-state index in [0.717, 1.165) is 32.9 Å². The van der Waals surface area contributed by atoms with Crippen molar-refractivity contribution in [3.63, 3.8) is 0 Å². The largest absolute Gasteiger partial charge is 0.384 e. The average Bonchev–Trinajstić information content (AvgIpc) is 2.28. The Morgan fingerprint density at radius 1 is 1.31 bits per heavy atom. The van der Waals surface area contributed by atoms with E-state index < -0.39 is 0 Å². The fourth-order valence-electron chi connectivity index (χ4n) is 2.00. The molecule has 0 aromatic heterocycles. The van der Waals surface area contributed by atoms with Crippen LogP contribution in [0.25, 0.3) is 0 Å². The van der Waals surface area contributed by atoms with E-state index in [9.17, 15) is 0 Å². The standard InChI is InChI=1S/C12H28N2O2/c1-5-14(7-8-16-6-2)12(9-13)11(3)10-15-4/h11-12H,5-10,13H2,1-4H3. The number of hydrogen-bond acceptors (Lipinski definition) is 4. The van der Waals surface area contributed by atoms with E-state index in [2.05, 4.69) is 18.7 Å². The van der Waals surface area contributed by atoms with Crippen LogP contribution in [0.2, 0.25) is 0 Å². The summed E-state index contributed by atoms with van der Waals surface area (Å²) in [7, 11) is 1.74. The molecule has 0 rings (SSSR count). The molecule has 0 aliphatic rings. The molecule has 16 heavy (non-hydrogen) atoms. The lowest BCUT2D eigenvalue weighted by Crippen LogP contribution is -2.47.